The number of halogens is 1. The van der Waals surface area contributed by atoms with Gasteiger partial charge in [-0.2, -0.15) is 0 Å². The summed E-state index contributed by atoms with van der Waals surface area (Å²) in [5.41, 5.74) is 0.461. The smallest absolute Gasteiger partial charge is 0.293 e. The third-order valence-electron chi connectivity index (χ3n) is 4.99. The first-order valence-corrected chi connectivity index (χ1v) is 12.2. The van der Waals surface area contributed by atoms with E-state index in [1.807, 2.05) is 0 Å². The molecule has 1 aromatic heterocycles. The Morgan fingerprint density at radius 3 is 2.59 bits per heavy atom. The number of thioether (sulfide) groups is 1. The molecule has 4 rings (SSSR count). The lowest BCUT2D eigenvalue weighted by Gasteiger charge is -2.14. The number of amides is 2. The normalized spacial score (nSPS) is 14.2. The van der Waals surface area contributed by atoms with Gasteiger partial charge in [-0.15, -0.1) is 0 Å². The van der Waals surface area contributed by atoms with Gasteiger partial charge in [-0.1, -0.05) is 29.8 Å². The molecule has 10 nitrogen and oxygen atoms in total. The molecule has 1 aliphatic rings. The van der Waals surface area contributed by atoms with Crippen LogP contribution in [0.5, 0.6) is 23.1 Å². The molecule has 37 heavy (non-hydrogen) atoms. The summed E-state index contributed by atoms with van der Waals surface area (Å²) in [5.74, 6) is 0.917. The molecule has 0 aliphatic carbocycles. The summed E-state index contributed by atoms with van der Waals surface area (Å²) in [6, 6.07) is 14.6. The molecule has 1 saturated heterocycles. The van der Waals surface area contributed by atoms with Crippen molar-refractivity contribution in [3.05, 3.63) is 86.4 Å². The summed E-state index contributed by atoms with van der Waals surface area (Å²) in [6.07, 6.45) is 2.69. The van der Waals surface area contributed by atoms with E-state index in [0.717, 1.165) is 22.9 Å². The van der Waals surface area contributed by atoms with Gasteiger partial charge in [0, 0.05) is 12.1 Å². The minimum atomic E-state index is -0.551. The zero-order valence-corrected chi connectivity index (χ0v) is 21.0. The van der Waals surface area contributed by atoms with Crippen LogP contribution in [0.1, 0.15) is 12.5 Å². The second-order valence-electron chi connectivity index (χ2n) is 7.47. The Bertz CT molecular complexity index is 1360. The van der Waals surface area contributed by atoms with Crippen molar-refractivity contribution in [3.63, 3.8) is 0 Å². The number of benzene rings is 2. The Kier molecular flexibility index (Phi) is 8.26. The lowest BCUT2D eigenvalue weighted by atomic mass is 10.2. The Labute approximate surface area is 220 Å². The molecule has 0 atom stereocenters. The van der Waals surface area contributed by atoms with E-state index >= 15 is 0 Å². The Balaban J connectivity index is 1.45. The average Bonchev–Trinajstić information content (AvgIpc) is 3.14. The first-order valence-electron chi connectivity index (χ1n) is 11.0. The first kappa shape index (κ1) is 26.0. The fourth-order valence-electron chi connectivity index (χ4n) is 3.27. The molecule has 12 heteroatoms. The minimum absolute atomic E-state index is 0.0758. The van der Waals surface area contributed by atoms with Gasteiger partial charge >= 0.3 is 0 Å². The number of nitrogens with zero attached hydrogens (tertiary/aromatic N) is 3. The highest BCUT2D eigenvalue weighted by Gasteiger charge is 2.34. The lowest BCUT2D eigenvalue weighted by Crippen LogP contribution is -2.32. The maximum absolute atomic E-state index is 12.8. The van der Waals surface area contributed by atoms with Crippen molar-refractivity contribution >= 4 is 46.3 Å². The van der Waals surface area contributed by atoms with E-state index in [1.54, 1.807) is 55.5 Å². The number of imide groups is 1. The third-order valence-corrected chi connectivity index (χ3v) is 6.21. The van der Waals surface area contributed by atoms with Crippen LogP contribution in [0.15, 0.2) is 65.7 Å². The van der Waals surface area contributed by atoms with Crippen molar-refractivity contribution in [2.45, 2.75) is 6.92 Å². The molecule has 2 amide bonds. The molecule has 190 valence electrons. The largest absolute Gasteiger partial charge is 0.490 e. The molecule has 3 aromatic rings. The highest BCUT2D eigenvalue weighted by molar-refractivity contribution is 8.18. The van der Waals surface area contributed by atoms with Crippen LogP contribution in [-0.2, 0) is 4.79 Å². The van der Waals surface area contributed by atoms with Crippen molar-refractivity contribution < 1.29 is 28.7 Å². The Hall–Kier alpha value is -4.09. The van der Waals surface area contributed by atoms with Gasteiger partial charge in [-0.3, -0.25) is 24.6 Å². The van der Waals surface area contributed by atoms with Crippen LogP contribution in [0, 0.1) is 10.1 Å². The number of pyridine rings is 1. The number of rotatable bonds is 10. The topological polar surface area (TPSA) is 121 Å². The van der Waals surface area contributed by atoms with Gasteiger partial charge in [-0.25, -0.2) is 4.98 Å². The van der Waals surface area contributed by atoms with Crippen molar-refractivity contribution in [3.8, 4) is 23.1 Å². The van der Waals surface area contributed by atoms with Gasteiger partial charge in [0.15, 0.2) is 11.5 Å². The molecule has 2 aromatic carbocycles. The summed E-state index contributed by atoms with van der Waals surface area (Å²) >= 11 is 6.90. The highest BCUT2D eigenvalue weighted by Crippen LogP contribution is 2.36. The van der Waals surface area contributed by atoms with E-state index in [-0.39, 0.29) is 29.6 Å². The maximum atomic E-state index is 12.8. The second kappa shape index (κ2) is 11.8. The Morgan fingerprint density at radius 1 is 1.08 bits per heavy atom. The molecule has 0 unspecified atom stereocenters. The molecular formula is C25H20ClN3O7S. The van der Waals surface area contributed by atoms with E-state index in [0.29, 0.717) is 34.4 Å². The monoisotopic (exact) mass is 541 g/mol. The van der Waals surface area contributed by atoms with Crippen LogP contribution in [0.25, 0.3) is 6.08 Å². The molecule has 0 N–H and O–H groups in total. The van der Waals surface area contributed by atoms with Crippen LogP contribution < -0.4 is 14.2 Å². The van der Waals surface area contributed by atoms with E-state index < -0.39 is 16.1 Å². The number of ether oxygens (including phenoxy) is 3. The van der Waals surface area contributed by atoms with E-state index in [9.17, 15) is 19.7 Å². The summed E-state index contributed by atoms with van der Waals surface area (Å²) in [4.78, 5) is 40.9. The SMILES string of the molecule is CCOc1cc(/C=C2\SC(=O)N(CCOc3ccccc3Cl)C2=O)ccc1Oc1ccc([N+](=O)[O-])cn1. The number of para-hydroxylation sites is 1. The number of hydrogen-bond donors (Lipinski definition) is 0. The van der Waals surface area contributed by atoms with Gasteiger partial charge in [0.25, 0.3) is 16.8 Å². The van der Waals surface area contributed by atoms with Gasteiger partial charge in [-0.05, 0) is 54.6 Å². The third kappa shape index (κ3) is 6.38. The van der Waals surface area contributed by atoms with Crippen LogP contribution in [0.2, 0.25) is 5.02 Å². The van der Waals surface area contributed by atoms with Crippen molar-refractivity contribution in [2.24, 2.45) is 0 Å². The highest BCUT2D eigenvalue weighted by atomic mass is 35.5. The average molecular weight is 542 g/mol. The molecule has 0 saturated carbocycles. The first-order chi connectivity index (χ1) is 17.9. The summed E-state index contributed by atoms with van der Waals surface area (Å²) in [6.45, 7) is 2.32. The Morgan fingerprint density at radius 2 is 1.89 bits per heavy atom. The van der Waals surface area contributed by atoms with Crippen molar-refractivity contribution in [2.75, 3.05) is 19.8 Å². The van der Waals surface area contributed by atoms with Gasteiger partial charge < -0.3 is 14.2 Å². The number of hydrogen-bond acceptors (Lipinski definition) is 9. The van der Waals surface area contributed by atoms with Crippen LogP contribution >= 0.6 is 23.4 Å². The number of aromatic nitrogens is 1. The van der Waals surface area contributed by atoms with Gasteiger partial charge in [0.05, 0.1) is 28.0 Å². The molecule has 0 radical (unpaired) electrons. The van der Waals surface area contributed by atoms with Gasteiger partial charge in [0.1, 0.15) is 18.6 Å². The fourth-order valence-corrected chi connectivity index (χ4v) is 4.33. The zero-order chi connectivity index (χ0) is 26.4. The summed E-state index contributed by atoms with van der Waals surface area (Å²) in [7, 11) is 0. The number of carbonyl (C=O) groups is 2. The molecule has 2 heterocycles. The molecular weight excluding hydrogens is 522 g/mol. The molecule has 0 bridgehead atoms. The standard InChI is InChI=1S/C25H20ClN3O7S/c1-2-34-21-13-16(7-9-20(21)36-23-10-8-17(15-27-23)29(32)33)14-22-24(30)28(25(31)37-22)11-12-35-19-6-4-3-5-18(19)26/h3-10,13-15H,2,11-12H2,1H3/b22-14-. The fraction of sp³-hybridized carbons (Fsp3) is 0.160. The van der Waals surface area contributed by atoms with Crippen molar-refractivity contribution in [1.82, 2.24) is 9.88 Å². The number of nitro groups is 1. The summed E-state index contributed by atoms with van der Waals surface area (Å²) in [5, 5.41) is 10.9. The molecule has 1 fully saturated rings. The quantitative estimate of drug-likeness (QED) is 0.174. The van der Waals surface area contributed by atoms with E-state index in [4.69, 9.17) is 25.8 Å². The second-order valence-corrected chi connectivity index (χ2v) is 8.87. The molecule has 0 spiro atoms. The van der Waals surface area contributed by atoms with E-state index in [2.05, 4.69) is 4.98 Å². The van der Waals surface area contributed by atoms with Crippen LogP contribution in [0.3, 0.4) is 0 Å². The lowest BCUT2D eigenvalue weighted by molar-refractivity contribution is -0.385. The predicted octanol–water partition coefficient (Wildman–Crippen LogP) is 5.95. The van der Waals surface area contributed by atoms with E-state index in [1.165, 1.54) is 12.1 Å². The molecule has 1 aliphatic heterocycles. The van der Waals surface area contributed by atoms with Crippen LogP contribution in [-0.4, -0.2) is 45.7 Å². The van der Waals surface area contributed by atoms with Crippen molar-refractivity contribution in [1.29, 1.82) is 0 Å². The van der Waals surface area contributed by atoms with Gasteiger partial charge in [0.2, 0.25) is 5.88 Å². The van der Waals surface area contributed by atoms with Crippen LogP contribution in [0.4, 0.5) is 10.5 Å². The minimum Gasteiger partial charge on any atom is -0.490 e. The maximum Gasteiger partial charge on any atom is 0.293 e. The zero-order valence-electron chi connectivity index (χ0n) is 19.5. The number of carbonyl (C=O) groups excluding carboxylic acids is 2. The predicted molar refractivity (Wildman–Crippen MR) is 138 cm³/mol. The summed E-state index contributed by atoms with van der Waals surface area (Å²) < 4.78 is 17.0.